The highest BCUT2D eigenvalue weighted by molar-refractivity contribution is 5.86. The Bertz CT molecular complexity index is 777. The second-order valence-corrected chi connectivity index (χ2v) is 5.47. The summed E-state index contributed by atoms with van der Waals surface area (Å²) in [5, 5.41) is 0. The minimum atomic E-state index is -5.14. The molecule has 0 N–H and O–H groups in total. The number of ether oxygens (including phenoxy) is 3. The fourth-order valence-corrected chi connectivity index (χ4v) is 2.56. The number of carbonyl (C=O) groups excluding carboxylic acids is 2. The summed E-state index contributed by atoms with van der Waals surface area (Å²) in [7, 11) is 1.79. The fourth-order valence-electron chi connectivity index (χ4n) is 2.56. The number of esters is 2. The Kier molecular flexibility index (Phi) is 6.22. The molecule has 0 bridgehead atoms. The molecule has 2 rings (SSSR count). The van der Waals surface area contributed by atoms with Crippen LogP contribution in [0.4, 0.5) is 13.2 Å². The maximum absolute atomic E-state index is 13.9. The summed E-state index contributed by atoms with van der Waals surface area (Å²) in [6.07, 6.45) is -6.82. The van der Waals surface area contributed by atoms with Crippen LogP contribution in [0, 0.1) is 0 Å². The van der Waals surface area contributed by atoms with Gasteiger partial charge in [0.1, 0.15) is 0 Å². The Balaban J connectivity index is 2.50. The number of hydrogen-bond donors (Lipinski definition) is 0. The zero-order chi connectivity index (χ0) is 20.1. The topological polar surface area (TPSA) is 61.8 Å². The van der Waals surface area contributed by atoms with Gasteiger partial charge in [-0.1, -0.05) is 60.7 Å². The average Bonchev–Trinajstić information content (AvgIpc) is 2.67. The minimum Gasteiger partial charge on any atom is -0.466 e. The molecule has 1 unspecified atom stereocenters. The van der Waals surface area contributed by atoms with Crippen LogP contribution in [0.15, 0.2) is 60.7 Å². The molecule has 8 heteroatoms. The van der Waals surface area contributed by atoms with Crippen molar-refractivity contribution in [3.63, 3.8) is 0 Å². The van der Waals surface area contributed by atoms with Crippen LogP contribution in [-0.4, -0.2) is 32.3 Å². The molecule has 2 aromatic carbocycles. The van der Waals surface area contributed by atoms with Crippen LogP contribution in [-0.2, 0) is 29.4 Å². The Morgan fingerprint density at radius 2 is 1.41 bits per heavy atom. The second-order valence-electron chi connectivity index (χ2n) is 5.47. The summed E-state index contributed by atoms with van der Waals surface area (Å²) in [6.45, 7) is 0. The molecule has 0 aliphatic carbocycles. The van der Waals surface area contributed by atoms with Crippen molar-refractivity contribution >= 4 is 11.9 Å². The van der Waals surface area contributed by atoms with Gasteiger partial charge in [0.15, 0.2) is 0 Å². The van der Waals surface area contributed by atoms with Gasteiger partial charge in [-0.2, -0.15) is 13.2 Å². The van der Waals surface area contributed by atoms with Crippen molar-refractivity contribution in [2.45, 2.75) is 17.9 Å². The minimum absolute atomic E-state index is 0.165. The first kappa shape index (κ1) is 20.4. The highest BCUT2D eigenvalue weighted by atomic mass is 19.4. The van der Waals surface area contributed by atoms with Gasteiger partial charge in [-0.15, -0.1) is 0 Å². The third-order valence-electron chi connectivity index (χ3n) is 3.92. The Hall–Kier alpha value is -2.87. The molecule has 0 amide bonds. The predicted octanol–water partition coefficient (Wildman–Crippen LogP) is 3.55. The first-order valence-electron chi connectivity index (χ1n) is 7.79. The highest BCUT2D eigenvalue weighted by Crippen LogP contribution is 2.43. The average molecular weight is 382 g/mol. The van der Waals surface area contributed by atoms with E-state index in [2.05, 4.69) is 9.47 Å². The lowest BCUT2D eigenvalue weighted by molar-refractivity contribution is -0.278. The summed E-state index contributed by atoms with van der Waals surface area (Å²) < 4.78 is 55.9. The van der Waals surface area contributed by atoms with E-state index in [0.29, 0.717) is 0 Å². The number of hydrogen-bond acceptors (Lipinski definition) is 5. The molecule has 2 aromatic rings. The number of halogens is 3. The Morgan fingerprint density at radius 3 is 1.85 bits per heavy atom. The zero-order valence-corrected chi connectivity index (χ0v) is 14.5. The molecule has 2 atom stereocenters. The van der Waals surface area contributed by atoms with E-state index < -0.39 is 35.4 Å². The molecule has 0 saturated heterocycles. The van der Waals surface area contributed by atoms with Gasteiger partial charge in [0.2, 0.25) is 6.10 Å². The lowest BCUT2D eigenvalue weighted by Gasteiger charge is -2.33. The van der Waals surface area contributed by atoms with Crippen molar-refractivity contribution in [1.29, 1.82) is 0 Å². The van der Waals surface area contributed by atoms with Crippen LogP contribution in [0.3, 0.4) is 0 Å². The Morgan fingerprint density at radius 1 is 0.889 bits per heavy atom. The lowest BCUT2D eigenvalue weighted by Crippen LogP contribution is -2.52. The monoisotopic (exact) mass is 382 g/mol. The quantitative estimate of drug-likeness (QED) is 0.715. The van der Waals surface area contributed by atoms with Crippen LogP contribution in [0.5, 0.6) is 0 Å². The van der Waals surface area contributed by atoms with Gasteiger partial charge in [0.05, 0.1) is 7.11 Å². The molecule has 0 radical (unpaired) electrons. The normalized spacial score (nSPS) is 14.7. The van der Waals surface area contributed by atoms with Crippen molar-refractivity contribution in [2.75, 3.05) is 14.2 Å². The number of methoxy groups -OCH3 is 2. The molecule has 144 valence electrons. The summed E-state index contributed by atoms with van der Waals surface area (Å²) in [6, 6.07) is 13.9. The molecule has 0 spiro atoms. The summed E-state index contributed by atoms with van der Waals surface area (Å²) in [5.74, 6) is -2.79. The first-order chi connectivity index (χ1) is 12.8. The van der Waals surface area contributed by atoms with E-state index in [1.165, 1.54) is 30.3 Å². The summed E-state index contributed by atoms with van der Waals surface area (Å²) >= 11 is 0. The van der Waals surface area contributed by atoms with E-state index in [4.69, 9.17) is 4.74 Å². The molecule has 0 aromatic heterocycles. The van der Waals surface area contributed by atoms with Crippen molar-refractivity contribution in [3.05, 3.63) is 71.8 Å². The molecular weight excluding hydrogens is 365 g/mol. The van der Waals surface area contributed by atoms with Gasteiger partial charge in [-0.3, -0.25) is 0 Å². The van der Waals surface area contributed by atoms with Crippen LogP contribution in [0.1, 0.15) is 17.2 Å². The van der Waals surface area contributed by atoms with E-state index in [1.807, 2.05) is 0 Å². The SMILES string of the molecule is COC(=O)C(OC(=O)[C@@](OC)(c1ccccc1)C(F)(F)F)c1ccccc1. The van der Waals surface area contributed by atoms with Gasteiger partial charge in [-0.05, 0) is 0 Å². The van der Waals surface area contributed by atoms with Crippen LogP contribution in [0.25, 0.3) is 0 Å². The maximum atomic E-state index is 13.9. The maximum Gasteiger partial charge on any atom is 0.432 e. The van der Waals surface area contributed by atoms with Gasteiger partial charge in [-0.25, -0.2) is 9.59 Å². The van der Waals surface area contributed by atoms with Crippen LogP contribution >= 0.6 is 0 Å². The number of benzene rings is 2. The molecule has 5 nitrogen and oxygen atoms in total. The van der Waals surface area contributed by atoms with Gasteiger partial charge < -0.3 is 14.2 Å². The van der Waals surface area contributed by atoms with Crippen LogP contribution in [0.2, 0.25) is 0 Å². The largest absolute Gasteiger partial charge is 0.466 e. The van der Waals surface area contributed by atoms with Crippen molar-refractivity contribution in [3.8, 4) is 0 Å². The van der Waals surface area contributed by atoms with E-state index in [0.717, 1.165) is 26.4 Å². The lowest BCUT2D eigenvalue weighted by atomic mass is 9.92. The first-order valence-corrected chi connectivity index (χ1v) is 7.79. The molecule has 0 heterocycles. The molecule has 0 fully saturated rings. The van der Waals surface area contributed by atoms with Gasteiger partial charge in [0.25, 0.3) is 5.60 Å². The predicted molar refractivity (Wildman–Crippen MR) is 88.5 cm³/mol. The standard InChI is InChI=1S/C19H17F3O5/c1-25-16(23)15(13-9-5-3-6-10-13)27-17(24)18(26-2,19(20,21)22)14-11-7-4-8-12-14/h3-12,15H,1-2H3/t15?,18-/m0/s1. The van der Waals surface area contributed by atoms with Crippen molar-refractivity contribution in [2.24, 2.45) is 0 Å². The van der Waals surface area contributed by atoms with Crippen molar-refractivity contribution < 1.29 is 37.0 Å². The number of alkyl halides is 3. The molecule has 0 aliphatic heterocycles. The number of carbonyl (C=O) groups is 2. The molecular formula is C19H17F3O5. The third-order valence-corrected chi connectivity index (χ3v) is 3.92. The van der Waals surface area contributed by atoms with E-state index in [1.54, 1.807) is 18.2 Å². The number of rotatable bonds is 6. The molecule has 27 heavy (non-hydrogen) atoms. The van der Waals surface area contributed by atoms with Crippen LogP contribution < -0.4 is 0 Å². The smallest absolute Gasteiger partial charge is 0.432 e. The third kappa shape index (κ3) is 3.95. The van der Waals surface area contributed by atoms with E-state index >= 15 is 0 Å². The van der Waals surface area contributed by atoms with Gasteiger partial charge in [0, 0.05) is 18.2 Å². The van der Waals surface area contributed by atoms with E-state index in [-0.39, 0.29) is 5.56 Å². The second kappa shape index (κ2) is 8.22. The Labute approximate surface area is 153 Å². The zero-order valence-electron chi connectivity index (χ0n) is 14.5. The van der Waals surface area contributed by atoms with E-state index in [9.17, 15) is 22.8 Å². The van der Waals surface area contributed by atoms with Gasteiger partial charge >= 0.3 is 18.1 Å². The highest BCUT2D eigenvalue weighted by Gasteiger charge is 2.64. The molecule has 0 aliphatic rings. The molecule has 0 saturated carbocycles. The summed E-state index contributed by atoms with van der Waals surface area (Å²) in [4.78, 5) is 24.7. The fraction of sp³-hybridized carbons (Fsp3) is 0.263. The van der Waals surface area contributed by atoms with Crippen molar-refractivity contribution in [1.82, 2.24) is 0 Å². The summed E-state index contributed by atoms with van der Waals surface area (Å²) in [5.41, 5.74) is -3.70.